The van der Waals surface area contributed by atoms with Crippen LogP contribution in [0.1, 0.15) is 36.0 Å². The number of aromatic nitrogens is 3. The summed E-state index contributed by atoms with van der Waals surface area (Å²) in [6.07, 6.45) is 1.47. The van der Waals surface area contributed by atoms with E-state index in [1.54, 1.807) is 17.9 Å². The Morgan fingerprint density at radius 3 is 2.78 bits per heavy atom. The Morgan fingerprint density at radius 1 is 1.39 bits per heavy atom. The minimum Gasteiger partial charge on any atom is -0.365 e. The summed E-state index contributed by atoms with van der Waals surface area (Å²) in [7, 11) is 0. The fourth-order valence-electron chi connectivity index (χ4n) is 2.64. The van der Waals surface area contributed by atoms with Gasteiger partial charge in [-0.05, 0) is 19.8 Å². The van der Waals surface area contributed by atoms with Gasteiger partial charge in [0.25, 0.3) is 0 Å². The first-order chi connectivity index (χ1) is 11.1. The van der Waals surface area contributed by atoms with Crippen molar-refractivity contribution in [3.05, 3.63) is 33.9 Å². The molecule has 124 valence electrons. The second kappa shape index (κ2) is 6.78. The fourth-order valence-corrected chi connectivity index (χ4v) is 2.64. The third-order valence-corrected chi connectivity index (χ3v) is 3.84. The van der Waals surface area contributed by atoms with E-state index >= 15 is 0 Å². The highest BCUT2D eigenvalue weighted by Crippen LogP contribution is 2.24. The number of carbonyl (C=O) groups excluding carboxylic acids is 1. The molecule has 9 nitrogen and oxygen atoms in total. The predicted molar refractivity (Wildman–Crippen MR) is 76.6 cm³/mol. The summed E-state index contributed by atoms with van der Waals surface area (Å²) >= 11 is 0. The molecule has 0 unspecified atom stereocenters. The Hall–Kier alpha value is -2.42. The number of aryl methyl sites for hydroxylation is 1. The van der Waals surface area contributed by atoms with Crippen molar-refractivity contribution in [2.45, 2.75) is 32.3 Å². The molecule has 1 N–H and O–H groups in total. The van der Waals surface area contributed by atoms with Crippen molar-refractivity contribution in [1.29, 1.82) is 0 Å². The van der Waals surface area contributed by atoms with E-state index < -0.39 is 5.76 Å². The molecule has 9 heteroatoms. The number of ether oxygens (including phenoxy) is 1. The number of H-pyrrole nitrogens is 1. The molecule has 0 aliphatic carbocycles. The van der Waals surface area contributed by atoms with Crippen LogP contribution in [0.5, 0.6) is 0 Å². The van der Waals surface area contributed by atoms with Crippen molar-refractivity contribution in [3.63, 3.8) is 0 Å². The van der Waals surface area contributed by atoms with Gasteiger partial charge in [0.05, 0.1) is 6.61 Å². The van der Waals surface area contributed by atoms with Gasteiger partial charge in [0.1, 0.15) is 18.1 Å². The normalized spacial score (nSPS) is 16.0. The molecule has 23 heavy (non-hydrogen) atoms. The van der Waals surface area contributed by atoms with Crippen molar-refractivity contribution in [3.8, 4) is 0 Å². The van der Waals surface area contributed by atoms with E-state index in [0.717, 1.165) is 12.8 Å². The molecule has 2 aromatic rings. The van der Waals surface area contributed by atoms with Crippen LogP contribution in [0, 0.1) is 6.92 Å². The minimum atomic E-state index is -0.546. The van der Waals surface area contributed by atoms with Crippen molar-refractivity contribution in [2.75, 3.05) is 19.7 Å². The van der Waals surface area contributed by atoms with Crippen LogP contribution in [0.25, 0.3) is 0 Å². The first-order valence-corrected chi connectivity index (χ1v) is 7.45. The standard InChI is InChI=1S/C14H18N4O5/c1-9-6-11(16-22-9)7-21-8-12(19)18-4-2-10(3-5-18)13-15-14(20)23-17-13/h6,10H,2-5,7-8H2,1H3,(H,15,17,20). The molecule has 1 fully saturated rings. The lowest BCUT2D eigenvalue weighted by atomic mass is 9.96. The molecule has 1 amide bonds. The maximum Gasteiger partial charge on any atom is 0.438 e. The van der Waals surface area contributed by atoms with E-state index in [1.807, 2.05) is 0 Å². The van der Waals surface area contributed by atoms with Crippen LogP contribution in [0.15, 0.2) is 19.9 Å². The van der Waals surface area contributed by atoms with Crippen LogP contribution in [0.3, 0.4) is 0 Å². The smallest absolute Gasteiger partial charge is 0.365 e. The van der Waals surface area contributed by atoms with Crippen molar-refractivity contribution >= 4 is 5.91 Å². The lowest BCUT2D eigenvalue weighted by Gasteiger charge is -2.30. The second-order valence-corrected chi connectivity index (χ2v) is 5.56. The molecule has 1 aliphatic rings. The van der Waals surface area contributed by atoms with Crippen molar-refractivity contribution < 1.29 is 18.6 Å². The number of amides is 1. The number of hydrogen-bond donors (Lipinski definition) is 1. The van der Waals surface area contributed by atoms with E-state index in [2.05, 4.69) is 19.8 Å². The van der Waals surface area contributed by atoms with Crippen molar-refractivity contribution in [1.82, 2.24) is 20.2 Å². The molecular formula is C14H18N4O5. The summed E-state index contributed by atoms with van der Waals surface area (Å²) in [6, 6.07) is 1.77. The number of likely N-dealkylation sites (tertiary alicyclic amines) is 1. The Bertz CT molecular complexity index is 711. The first kappa shape index (κ1) is 15.5. The van der Waals surface area contributed by atoms with E-state index in [1.165, 1.54) is 0 Å². The lowest BCUT2D eigenvalue weighted by Crippen LogP contribution is -2.40. The molecule has 1 saturated heterocycles. The van der Waals surface area contributed by atoms with Crippen molar-refractivity contribution in [2.24, 2.45) is 0 Å². The molecule has 3 rings (SSSR count). The van der Waals surface area contributed by atoms with E-state index in [9.17, 15) is 9.59 Å². The van der Waals surface area contributed by atoms with Gasteiger partial charge in [-0.3, -0.25) is 14.3 Å². The number of hydrogen-bond acceptors (Lipinski definition) is 7. The van der Waals surface area contributed by atoms with Gasteiger partial charge in [-0.1, -0.05) is 10.3 Å². The zero-order valence-electron chi connectivity index (χ0n) is 12.8. The van der Waals surface area contributed by atoms with Crippen LogP contribution in [-0.2, 0) is 16.1 Å². The van der Waals surface area contributed by atoms with Gasteiger partial charge in [-0.2, -0.15) is 0 Å². The maximum atomic E-state index is 12.1. The molecule has 1 aliphatic heterocycles. The van der Waals surface area contributed by atoms with Crippen LogP contribution in [0.4, 0.5) is 0 Å². The number of nitrogens with zero attached hydrogens (tertiary/aromatic N) is 3. The molecule has 0 radical (unpaired) electrons. The third-order valence-electron chi connectivity index (χ3n) is 3.84. The number of piperidine rings is 1. The average molecular weight is 322 g/mol. The average Bonchev–Trinajstić information content (AvgIpc) is 3.16. The number of carbonyl (C=O) groups is 1. The zero-order valence-corrected chi connectivity index (χ0v) is 12.8. The highest BCUT2D eigenvalue weighted by Gasteiger charge is 2.26. The Kier molecular flexibility index (Phi) is 4.56. The van der Waals surface area contributed by atoms with Crippen LogP contribution in [-0.4, -0.2) is 45.8 Å². The van der Waals surface area contributed by atoms with E-state index in [-0.39, 0.29) is 25.0 Å². The molecular weight excluding hydrogens is 304 g/mol. The molecule has 0 spiro atoms. The van der Waals surface area contributed by atoms with Crippen LogP contribution in [0.2, 0.25) is 0 Å². The van der Waals surface area contributed by atoms with Gasteiger partial charge in [0.15, 0.2) is 5.82 Å². The molecule has 2 aromatic heterocycles. The topological polar surface area (TPSA) is 114 Å². The van der Waals surface area contributed by atoms with Gasteiger partial charge in [0, 0.05) is 25.1 Å². The molecule has 0 saturated carbocycles. The third kappa shape index (κ3) is 3.86. The van der Waals surface area contributed by atoms with E-state index in [4.69, 9.17) is 9.26 Å². The Labute approximate surface area is 131 Å². The zero-order chi connectivity index (χ0) is 16.2. The molecule has 0 aromatic carbocycles. The second-order valence-electron chi connectivity index (χ2n) is 5.56. The quantitative estimate of drug-likeness (QED) is 0.856. The predicted octanol–water partition coefficient (Wildman–Crippen LogP) is 0.582. The van der Waals surface area contributed by atoms with Gasteiger partial charge in [-0.25, -0.2) is 4.79 Å². The van der Waals surface area contributed by atoms with E-state index in [0.29, 0.717) is 30.4 Å². The first-order valence-electron chi connectivity index (χ1n) is 7.45. The van der Waals surface area contributed by atoms with Gasteiger partial charge >= 0.3 is 5.76 Å². The number of rotatable bonds is 5. The Balaban J connectivity index is 1.42. The summed E-state index contributed by atoms with van der Waals surface area (Å²) in [6.45, 7) is 3.26. The van der Waals surface area contributed by atoms with Gasteiger partial charge in [0.2, 0.25) is 5.91 Å². The Morgan fingerprint density at radius 2 is 2.17 bits per heavy atom. The van der Waals surface area contributed by atoms with Crippen LogP contribution >= 0.6 is 0 Å². The molecule has 0 bridgehead atoms. The summed E-state index contributed by atoms with van der Waals surface area (Å²) in [5.41, 5.74) is 0.670. The SMILES string of the molecule is Cc1cc(COCC(=O)N2CCC(c3noc(=O)[nH]3)CC2)no1. The maximum absolute atomic E-state index is 12.1. The summed E-state index contributed by atoms with van der Waals surface area (Å²) in [5.74, 6) is 0.777. The lowest BCUT2D eigenvalue weighted by molar-refractivity contribution is -0.137. The highest BCUT2D eigenvalue weighted by atomic mass is 16.5. The number of aromatic amines is 1. The highest BCUT2D eigenvalue weighted by molar-refractivity contribution is 5.77. The fraction of sp³-hybridized carbons (Fsp3) is 0.571. The van der Waals surface area contributed by atoms with Gasteiger partial charge < -0.3 is 14.2 Å². The van der Waals surface area contributed by atoms with Gasteiger partial charge in [-0.15, -0.1) is 0 Å². The summed E-state index contributed by atoms with van der Waals surface area (Å²) in [4.78, 5) is 27.4. The molecule has 0 atom stereocenters. The monoisotopic (exact) mass is 322 g/mol. The largest absolute Gasteiger partial charge is 0.438 e. The minimum absolute atomic E-state index is 0.0113. The summed E-state index contributed by atoms with van der Waals surface area (Å²) in [5, 5.41) is 7.51. The number of nitrogens with one attached hydrogen (secondary N) is 1. The van der Waals surface area contributed by atoms with Crippen LogP contribution < -0.4 is 5.76 Å². The summed E-state index contributed by atoms with van der Waals surface area (Å²) < 4.78 is 14.8. The molecule has 3 heterocycles.